The zero-order valence-corrected chi connectivity index (χ0v) is 16.8. The van der Waals surface area contributed by atoms with Gasteiger partial charge in [0.25, 0.3) is 0 Å². The molecule has 6 nitrogen and oxygen atoms in total. The molecule has 0 unspecified atom stereocenters. The minimum Gasteiger partial charge on any atom is -0.497 e. The Bertz CT molecular complexity index is 755. The Hall–Kier alpha value is -2.57. The Morgan fingerprint density at radius 3 is 2.36 bits per heavy atom. The maximum absolute atomic E-state index is 5.43. The minimum absolute atomic E-state index is 0.709. The molecular weight excluding hydrogens is 352 g/mol. The fraction of sp³-hybridized carbons (Fsp3) is 0.409. The fourth-order valence-corrected chi connectivity index (χ4v) is 3.19. The van der Waals surface area contributed by atoms with Crippen molar-refractivity contribution in [3.63, 3.8) is 0 Å². The molecule has 1 fully saturated rings. The molecule has 0 saturated carbocycles. The summed E-state index contributed by atoms with van der Waals surface area (Å²) in [5.74, 6) is 1.65. The lowest BCUT2D eigenvalue weighted by Crippen LogP contribution is -2.36. The van der Waals surface area contributed by atoms with Gasteiger partial charge in [-0.2, -0.15) is 0 Å². The van der Waals surface area contributed by atoms with Gasteiger partial charge in [-0.05, 0) is 28.8 Å². The summed E-state index contributed by atoms with van der Waals surface area (Å²) in [7, 11) is 3.47. The van der Waals surface area contributed by atoms with Crippen LogP contribution in [0.5, 0.6) is 5.75 Å². The molecule has 1 heterocycles. The SMILES string of the molecule is CN=C(NCc1ccc(OC)cc1)NCc1cccc(CN2CCOCC2)c1. The lowest BCUT2D eigenvalue weighted by atomic mass is 10.1. The Balaban J connectivity index is 1.48. The van der Waals surface area contributed by atoms with Gasteiger partial charge in [-0.1, -0.05) is 36.4 Å². The van der Waals surface area contributed by atoms with Crippen LogP contribution in [0.2, 0.25) is 0 Å². The molecule has 1 aliphatic rings. The second kappa shape index (κ2) is 10.7. The van der Waals surface area contributed by atoms with Crippen LogP contribution in [0.25, 0.3) is 0 Å². The average Bonchev–Trinajstić information content (AvgIpc) is 2.75. The topological polar surface area (TPSA) is 58.1 Å². The summed E-state index contributed by atoms with van der Waals surface area (Å²) < 4.78 is 10.6. The Kier molecular flexibility index (Phi) is 7.70. The first-order valence-electron chi connectivity index (χ1n) is 9.72. The van der Waals surface area contributed by atoms with Crippen molar-refractivity contribution in [2.45, 2.75) is 19.6 Å². The number of nitrogens with zero attached hydrogens (tertiary/aromatic N) is 2. The number of guanidine groups is 1. The van der Waals surface area contributed by atoms with Crippen molar-refractivity contribution in [2.75, 3.05) is 40.5 Å². The molecule has 0 radical (unpaired) electrons. The summed E-state index contributed by atoms with van der Waals surface area (Å²) in [5, 5.41) is 6.74. The number of benzene rings is 2. The fourth-order valence-electron chi connectivity index (χ4n) is 3.19. The summed E-state index contributed by atoms with van der Waals surface area (Å²) in [6.45, 7) is 6.09. The molecule has 0 amide bonds. The van der Waals surface area contributed by atoms with Crippen LogP contribution in [0, 0.1) is 0 Å². The number of hydrogen-bond acceptors (Lipinski definition) is 4. The van der Waals surface area contributed by atoms with Gasteiger partial charge in [-0.3, -0.25) is 9.89 Å². The van der Waals surface area contributed by atoms with Crippen LogP contribution >= 0.6 is 0 Å². The highest BCUT2D eigenvalue weighted by Gasteiger charge is 2.10. The molecule has 1 saturated heterocycles. The summed E-state index contributed by atoms with van der Waals surface area (Å²) in [6.07, 6.45) is 0. The summed E-state index contributed by atoms with van der Waals surface area (Å²) >= 11 is 0. The van der Waals surface area contributed by atoms with Gasteiger partial charge in [0.05, 0.1) is 20.3 Å². The van der Waals surface area contributed by atoms with E-state index in [0.717, 1.165) is 51.1 Å². The van der Waals surface area contributed by atoms with E-state index in [1.165, 1.54) is 16.7 Å². The zero-order valence-electron chi connectivity index (χ0n) is 16.8. The van der Waals surface area contributed by atoms with Crippen molar-refractivity contribution in [3.05, 3.63) is 65.2 Å². The van der Waals surface area contributed by atoms with Crippen molar-refractivity contribution in [1.29, 1.82) is 0 Å². The largest absolute Gasteiger partial charge is 0.497 e. The quantitative estimate of drug-likeness (QED) is 0.569. The van der Waals surface area contributed by atoms with Crippen LogP contribution in [-0.4, -0.2) is 51.3 Å². The smallest absolute Gasteiger partial charge is 0.191 e. The highest BCUT2D eigenvalue weighted by Crippen LogP contribution is 2.11. The molecule has 3 rings (SSSR count). The van der Waals surface area contributed by atoms with E-state index in [-0.39, 0.29) is 0 Å². The average molecular weight is 383 g/mol. The second-order valence-corrected chi connectivity index (χ2v) is 6.84. The summed E-state index contributed by atoms with van der Waals surface area (Å²) in [5.41, 5.74) is 3.76. The molecule has 2 aromatic rings. The molecule has 0 aliphatic carbocycles. The molecular formula is C22H30N4O2. The standard InChI is InChI=1S/C22H30N4O2/c1-23-22(24-15-18-6-8-21(27-2)9-7-18)25-16-19-4-3-5-20(14-19)17-26-10-12-28-13-11-26/h3-9,14H,10-13,15-17H2,1-2H3,(H2,23,24,25). The Morgan fingerprint density at radius 2 is 1.68 bits per heavy atom. The normalized spacial score (nSPS) is 15.3. The van der Waals surface area contributed by atoms with E-state index < -0.39 is 0 Å². The van der Waals surface area contributed by atoms with E-state index in [1.54, 1.807) is 14.2 Å². The minimum atomic E-state index is 0.709. The molecule has 0 aromatic heterocycles. The van der Waals surface area contributed by atoms with E-state index in [9.17, 15) is 0 Å². The van der Waals surface area contributed by atoms with Gasteiger partial charge in [-0.25, -0.2) is 0 Å². The van der Waals surface area contributed by atoms with Crippen molar-refractivity contribution < 1.29 is 9.47 Å². The van der Waals surface area contributed by atoms with Gasteiger partial charge >= 0.3 is 0 Å². The maximum Gasteiger partial charge on any atom is 0.191 e. The second-order valence-electron chi connectivity index (χ2n) is 6.84. The molecule has 2 aromatic carbocycles. The van der Waals surface area contributed by atoms with Crippen LogP contribution in [0.4, 0.5) is 0 Å². The van der Waals surface area contributed by atoms with Crippen LogP contribution in [0.15, 0.2) is 53.5 Å². The molecule has 1 aliphatic heterocycles. The molecule has 0 spiro atoms. The van der Waals surface area contributed by atoms with Crippen LogP contribution < -0.4 is 15.4 Å². The molecule has 2 N–H and O–H groups in total. The summed E-state index contributed by atoms with van der Waals surface area (Å²) in [4.78, 5) is 6.75. The van der Waals surface area contributed by atoms with E-state index in [0.29, 0.717) is 6.54 Å². The third-order valence-electron chi connectivity index (χ3n) is 4.80. The van der Waals surface area contributed by atoms with E-state index in [1.807, 2.05) is 24.3 Å². The number of ether oxygens (including phenoxy) is 2. The molecule has 6 heteroatoms. The highest BCUT2D eigenvalue weighted by atomic mass is 16.5. The van der Waals surface area contributed by atoms with Crippen molar-refractivity contribution in [2.24, 2.45) is 4.99 Å². The first kappa shape index (κ1) is 20.2. The van der Waals surface area contributed by atoms with Gasteiger partial charge in [-0.15, -0.1) is 0 Å². The molecule has 28 heavy (non-hydrogen) atoms. The predicted molar refractivity (Wildman–Crippen MR) is 113 cm³/mol. The van der Waals surface area contributed by atoms with Gasteiger partial charge < -0.3 is 20.1 Å². The third-order valence-corrected chi connectivity index (χ3v) is 4.80. The highest BCUT2D eigenvalue weighted by molar-refractivity contribution is 5.79. The van der Waals surface area contributed by atoms with Crippen molar-refractivity contribution in [3.8, 4) is 5.75 Å². The van der Waals surface area contributed by atoms with Gasteiger partial charge in [0.2, 0.25) is 0 Å². The lowest BCUT2D eigenvalue weighted by Gasteiger charge is -2.26. The first-order valence-corrected chi connectivity index (χ1v) is 9.72. The Morgan fingerprint density at radius 1 is 1.00 bits per heavy atom. The molecule has 150 valence electrons. The summed E-state index contributed by atoms with van der Waals surface area (Å²) in [6, 6.07) is 16.8. The molecule has 0 atom stereocenters. The van der Waals surface area contributed by atoms with E-state index in [2.05, 4.69) is 44.8 Å². The Labute approximate surface area is 167 Å². The number of rotatable bonds is 7. The van der Waals surface area contributed by atoms with E-state index >= 15 is 0 Å². The van der Waals surface area contributed by atoms with Crippen LogP contribution in [0.1, 0.15) is 16.7 Å². The monoisotopic (exact) mass is 382 g/mol. The van der Waals surface area contributed by atoms with Crippen LogP contribution in [-0.2, 0) is 24.4 Å². The zero-order chi connectivity index (χ0) is 19.6. The third kappa shape index (κ3) is 6.25. The number of nitrogens with one attached hydrogen (secondary N) is 2. The number of methoxy groups -OCH3 is 1. The number of hydrogen-bond donors (Lipinski definition) is 2. The van der Waals surface area contributed by atoms with Gasteiger partial charge in [0.1, 0.15) is 5.75 Å². The first-order chi connectivity index (χ1) is 13.8. The van der Waals surface area contributed by atoms with Gasteiger partial charge in [0, 0.05) is 39.8 Å². The number of morpholine rings is 1. The lowest BCUT2D eigenvalue weighted by molar-refractivity contribution is 0.0342. The molecule has 0 bridgehead atoms. The van der Waals surface area contributed by atoms with Crippen molar-refractivity contribution >= 4 is 5.96 Å². The number of aliphatic imine (C=N–C) groups is 1. The van der Waals surface area contributed by atoms with E-state index in [4.69, 9.17) is 9.47 Å². The van der Waals surface area contributed by atoms with Gasteiger partial charge in [0.15, 0.2) is 5.96 Å². The predicted octanol–water partition coefficient (Wildman–Crippen LogP) is 2.39. The maximum atomic E-state index is 5.43. The van der Waals surface area contributed by atoms with Crippen LogP contribution in [0.3, 0.4) is 0 Å². The van der Waals surface area contributed by atoms with Crippen molar-refractivity contribution in [1.82, 2.24) is 15.5 Å².